The minimum atomic E-state index is -0.279. The molecule has 1 spiro atoms. The first kappa shape index (κ1) is 13.1. The number of aliphatic hydroxyl groups is 2. The molecule has 0 radical (unpaired) electrons. The fourth-order valence-corrected chi connectivity index (χ4v) is 3.53. The number of aliphatic hydroxyl groups excluding tert-OH is 2. The molecule has 1 aromatic rings. The number of hydrogen-bond donors (Lipinski definition) is 2. The third-order valence-electron chi connectivity index (χ3n) is 5.12. The normalized spacial score (nSPS) is 30.2. The summed E-state index contributed by atoms with van der Waals surface area (Å²) >= 11 is 0. The van der Waals surface area contributed by atoms with Gasteiger partial charge in [-0.05, 0) is 37.9 Å². The largest absolute Gasteiger partial charge is 0.392 e. The molecule has 2 fully saturated rings. The fraction of sp³-hybridized carbons (Fsp3) is 0.625. The maximum absolute atomic E-state index is 9.91. The number of piperidine rings is 1. The molecule has 19 heavy (non-hydrogen) atoms. The molecule has 2 N–H and O–H groups in total. The highest BCUT2D eigenvalue weighted by molar-refractivity contribution is 5.15. The Hall–Kier alpha value is -0.900. The van der Waals surface area contributed by atoms with Crippen molar-refractivity contribution in [3.63, 3.8) is 0 Å². The van der Waals surface area contributed by atoms with E-state index < -0.39 is 0 Å². The molecule has 1 heterocycles. The van der Waals surface area contributed by atoms with Crippen LogP contribution in [-0.2, 0) is 6.42 Å². The summed E-state index contributed by atoms with van der Waals surface area (Å²) in [5.74, 6) is 0. The molecular weight excluding hydrogens is 238 g/mol. The molecule has 1 saturated carbocycles. The highest BCUT2D eigenvalue weighted by atomic mass is 16.3. The van der Waals surface area contributed by atoms with Crippen LogP contribution in [-0.4, -0.2) is 47.0 Å². The van der Waals surface area contributed by atoms with Crippen LogP contribution in [0.15, 0.2) is 30.3 Å². The van der Waals surface area contributed by atoms with E-state index in [1.54, 1.807) is 0 Å². The van der Waals surface area contributed by atoms with E-state index in [1.807, 2.05) is 6.07 Å². The molecular formula is C16H23NO2. The highest BCUT2D eigenvalue weighted by Gasteiger charge is 2.54. The SMILES string of the molecule is O[C@@H]1C[C@H](O)C12CCN(CCc1ccccc1)CC2. The molecule has 0 bridgehead atoms. The van der Waals surface area contributed by atoms with E-state index in [2.05, 4.69) is 29.2 Å². The first-order valence-corrected chi connectivity index (χ1v) is 7.33. The molecule has 3 heteroatoms. The topological polar surface area (TPSA) is 43.7 Å². The van der Waals surface area contributed by atoms with E-state index in [0.717, 1.165) is 38.9 Å². The number of hydrogen-bond acceptors (Lipinski definition) is 3. The Morgan fingerprint density at radius 2 is 1.68 bits per heavy atom. The third-order valence-corrected chi connectivity index (χ3v) is 5.12. The van der Waals surface area contributed by atoms with Crippen molar-refractivity contribution >= 4 is 0 Å². The predicted octanol–water partition coefficient (Wildman–Crippen LogP) is 1.44. The standard InChI is InChI=1S/C16H23NO2/c18-14-12-15(19)16(14)7-10-17(11-8-16)9-6-13-4-2-1-3-5-13/h1-5,14-15,18-19H,6-12H2/t14-,15+. The van der Waals surface area contributed by atoms with Crippen molar-refractivity contribution in [2.75, 3.05) is 19.6 Å². The molecule has 0 amide bonds. The summed E-state index contributed by atoms with van der Waals surface area (Å²) in [5.41, 5.74) is 1.20. The zero-order valence-corrected chi connectivity index (χ0v) is 11.3. The Labute approximate surface area is 114 Å². The lowest BCUT2D eigenvalue weighted by atomic mass is 9.58. The van der Waals surface area contributed by atoms with Gasteiger partial charge in [0.15, 0.2) is 0 Å². The first-order valence-electron chi connectivity index (χ1n) is 7.33. The second kappa shape index (κ2) is 5.23. The van der Waals surface area contributed by atoms with Crippen molar-refractivity contribution < 1.29 is 10.2 Å². The van der Waals surface area contributed by atoms with Crippen LogP contribution in [0.1, 0.15) is 24.8 Å². The van der Waals surface area contributed by atoms with Crippen molar-refractivity contribution in [3.8, 4) is 0 Å². The van der Waals surface area contributed by atoms with Crippen LogP contribution in [0.3, 0.4) is 0 Å². The molecule has 1 saturated heterocycles. The van der Waals surface area contributed by atoms with Crippen LogP contribution >= 0.6 is 0 Å². The van der Waals surface area contributed by atoms with E-state index >= 15 is 0 Å². The van der Waals surface area contributed by atoms with E-state index in [-0.39, 0.29) is 17.6 Å². The highest BCUT2D eigenvalue weighted by Crippen LogP contribution is 2.49. The number of likely N-dealkylation sites (tertiary alicyclic amines) is 1. The summed E-state index contributed by atoms with van der Waals surface area (Å²) in [5, 5.41) is 19.8. The van der Waals surface area contributed by atoms with Crippen molar-refractivity contribution in [2.24, 2.45) is 5.41 Å². The molecule has 2 aliphatic rings. The summed E-state index contributed by atoms with van der Waals surface area (Å²) in [6, 6.07) is 10.6. The monoisotopic (exact) mass is 261 g/mol. The Balaban J connectivity index is 1.48. The fourth-order valence-electron chi connectivity index (χ4n) is 3.53. The lowest BCUT2D eigenvalue weighted by molar-refractivity contribution is -0.189. The van der Waals surface area contributed by atoms with Gasteiger partial charge in [-0.25, -0.2) is 0 Å². The van der Waals surface area contributed by atoms with Crippen LogP contribution in [0.5, 0.6) is 0 Å². The molecule has 3 nitrogen and oxygen atoms in total. The Morgan fingerprint density at radius 1 is 1.05 bits per heavy atom. The van der Waals surface area contributed by atoms with Crippen LogP contribution < -0.4 is 0 Å². The van der Waals surface area contributed by atoms with Gasteiger partial charge >= 0.3 is 0 Å². The quantitative estimate of drug-likeness (QED) is 0.865. The van der Waals surface area contributed by atoms with Gasteiger partial charge in [0, 0.05) is 18.4 Å². The molecule has 1 aliphatic heterocycles. The molecule has 104 valence electrons. The van der Waals surface area contributed by atoms with Gasteiger partial charge in [0.25, 0.3) is 0 Å². The van der Waals surface area contributed by atoms with Crippen molar-refractivity contribution in [3.05, 3.63) is 35.9 Å². The zero-order valence-electron chi connectivity index (χ0n) is 11.3. The molecule has 1 aliphatic carbocycles. The van der Waals surface area contributed by atoms with Gasteiger partial charge in [-0.3, -0.25) is 0 Å². The Bertz CT molecular complexity index is 402. The van der Waals surface area contributed by atoms with Gasteiger partial charge in [-0.1, -0.05) is 30.3 Å². The summed E-state index contributed by atoms with van der Waals surface area (Å²) in [6.07, 6.45) is 2.97. The van der Waals surface area contributed by atoms with E-state index in [1.165, 1.54) is 5.56 Å². The smallest absolute Gasteiger partial charge is 0.0647 e. The van der Waals surface area contributed by atoms with E-state index in [4.69, 9.17) is 0 Å². The van der Waals surface area contributed by atoms with Crippen molar-refractivity contribution in [1.82, 2.24) is 4.90 Å². The van der Waals surface area contributed by atoms with Crippen LogP contribution in [0.2, 0.25) is 0 Å². The summed E-state index contributed by atoms with van der Waals surface area (Å²) < 4.78 is 0. The van der Waals surface area contributed by atoms with Crippen molar-refractivity contribution in [1.29, 1.82) is 0 Å². The second-order valence-corrected chi connectivity index (χ2v) is 6.08. The van der Waals surface area contributed by atoms with Gasteiger partial charge in [0.05, 0.1) is 12.2 Å². The average Bonchev–Trinajstić information content (AvgIpc) is 2.47. The van der Waals surface area contributed by atoms with Crippen molar-refractivity contribution in [2.45, 2.75) is 37.9 Å². The average molecular weight is 261 g/mol. The summed E-state index contributed by atoms with van der Waals surface area (Å²) in [7, 11) is 0. The lowest BCUT2D eigenvalue weighted by Gasteiger charge is -2.55. The third kappa shape index (κ3) is 2.42. The number of benzene rings is 1. The molecule has 3 rings (SSSR count). The maximum atomic E-state index is 9.91. The van der Waals surface area contributed by atoms with E-state index in [0.29, 0.717) is 6.42 Å². The zero-order chi connectivity index (χ0) is 13.3. The Morgan fingerprint density at radius 3 is 2.26 bits per heavy atom. The lowest BCUT2D eigenvalue weighted by Crippen LogP contribution is -2.61. The molecule has 1 aromatic carbocycles. The number of nitrogens with zero attached hydrogens (tertiary/aromatic N) is 1. The van der Waals surface area contributed by atoms with Gasteiger partial charge in [-0.2, -0.15) is 0 Å². The predicted molar refractivity (Wildman–Crippen MR) is 74.9 cm³/mol. The minimum Gasteiger partial charge on any atom is -0.392 e. The van der Waals surface area contributed by atoms with Gasteiger partial charge in [-0.15, -0.1) is 0 Å². The molecule has 0 unspecified atom stereocenters. The van der Waals surface area contributed by atoms with Gasteiger partial charge in [0.1, 0.15) is 0 Å². The van der Waals surface area contributed by atoms with Crippen LogP contribution in [0.25, 0.3) is 0 Å². The van der Waals surface area contributed by atoms with Gasteiger partial charge < -0.3 is 15.1 Å². The van der Waals surface area contributed by atoms with Crippen LogP contribution in [0, 0.1) is 5.41 Å². The summed E-state index contributed by atoms with van der Waals surface area (Å²) in [4.78, 5) is 2.45. The Kier molecular flexibility index (Phi) is 3.61. The van der Waals surface area contributed by atoms with E-state index in [9.17, 15) is 10.2 Å². The summed E-state index contributed by atoms with van der Waals surface area (Å²) in [6.45, 7) is 3.08. The molecule has 0 aromatic heterocycles. The first-order chi connectivity index (χ1) is 9.21. The molecule has 2 atom stereocenters. The minimum absolute atomic E-state index is 0.177. The number of rotatable bonds is 3. The maximum Gasteiger partial charge on any atom is 0.0647 e. The second-order valence-electron chi connectivity index (χ2n) is 6.08. The van der Waals surface area contributed by atoms with Crippen LogP contribution in [0.4, 0.5) is 0 Å². The van der Waals surface area contributed by atoms with Gasteiger partial charge in [0.2, 0.25) is 0 Å².